The van der Waals surface area contributed by atoms with Crippen LogP contribution in [0.3, 0.4) is 0 Å². The topological polar surface area (TPSA) is 49.9 Å². The molecule has 0 radical (unpaired) electrons. The maximum atomic E-state index is 5.34. The molecule has 4 heteroatoms. The SMILES string of the molecule is COc1ccc2c(c1)C[C@@H](NCc1cc(C3CC3)n[nH]1)CC2. The first kappa shape index (κ1) is 13.8. The number of aromatic nitrogens is 2. The molecule has 1 atom stereocenters. The summed E-state index contributed by atoms with van der Waals surface area (Å²) >= 11 is 0. The van der Waals surface area contributed by atoms with Crippen molar-refractivity contribution in [3.63, 3.8) is 0 Å². The van der Waals surface area contributed by atoms with Crippen molar-refractivity contribution in [3.05, 3.63) is 46.8 Å². The van der Waals surface area contributed by atoms with E-state index in [-0.39, 0.29) is 0 Å². The normalized spacial score (nSPS) is 20.7. The second-order valence-corrected chi connectivity index (χ2v) is 6.55. The van der Waals surface area contributed by atoms with Gasteiger partial charge in [-0.2, -0.15) is 5.10 Å². The fourth-order valence-electron chi connectivity index (χ4n) is 3.35. The minimum Gasteiger partial charge on any atom is -0.497 e. The molecule has 0 aliphatic heterocycles. The lowest BCUT2D eigenvalue weighted by molar-refractivity contribution is 0.410. The summed E-state index contributed by atoms with van der Waals surface area (Å²) in [5.41, 5.74) is 5.34. The van der Waals surface area contributed by atoms with Crippen molar-refractivity contribution < 1.29 is 4.74 Å². The van der Waals surface area contributed by atoms with Gasteiger partial charge in [0, 0.05) is 24.2 Å². The molecule has 2 aliphatic carbocycles. The zero-order valence-corrected chi connectivity index (χ0v) is 13.1. The standard InChI is InChI=1S/C18H23N3O/c1-22-17-7-5-12-4-6-15(8-14(12)9-17)19-11-16-10-18(21-20-16)13-2-3-13/h5,7,9-10,13,15,19H,2-4,6,8,11H2,1H3,(H,20,21)/t15-/m0/s1. The number of methoxy groups -OCH3 is 1. The van der Waals surface area contributed by atoms with Gasteiger partial charge in [0.05, 0.1) is 12.8 Å². The van der Waals surface area contributed by atoms with Gasteiger partial charge in [-0.25, -0.2) is 0 Å². The smallest absolute Gasteiger partial charge is 0.119 e. The molecule has 1 saturated carbocycles. The number of rotatable bonds is 5. The van der Waals surface area contributed by atoms with Crippen LogP contribution in [0.15, 0.2) is 24.3 Å². The molecular formula is C18H23N3O. The first-order valence-electron chi connectivity index (χ1n) is 8.25. The molecule has 2 aliphatic rings. The number of aryl methyl sites for hydroxylation is 1. The molecule has 4 nitrogen and oxygen atoms in total. The van der Waals surface area contributed by atoms with E-state index in [1.807, 2.05) is 0 Å². The predicted molar refractivity (Wildman–Crippen MR) is 86.2 cm³/mol. The number of hydrogen-bond acceptors (Lipinski definition) is 3. The van der Waals surface area contributed by atoms with Crippen LogP contribution < -0.4 is 10.1 Å². The highest BCUT2D eigenvalue weighted by Crippen LogP contribution is 2.39. The molecule has 116 valence electrons. The maximum absolute atomic E-state index is 5.34. The van der Waals surface area contributed by atoms with Gasteiger partial charge in [0.2, 0.25) is 0 Å². The summed E-state index contributed by atoms with van der Waals surface area (Å²) in [6.45, 7) is 0.879. The molecule has 0 saturated heterocycles. The summed E-state index contributed by atoms with van der Waals surface area (Å²) in [6.07, 6.45) is 6.03. The summed E-state index contributed by atoms with van der Waals surface area (Å²) in [6, 6.07) is 9.22. The van der Waals surface area contributed by atoms with E-state index in [1.165, 1.54) is 41.8 Å². The molecule has 1 fully saturated rings. The highest BCUT2D eigenvalue weighted by Gasteiger charge is 2.26. The van der Waals surface area contributed by atoms with Crippen molar-refractivity contribution >= 4 is 0 Å². The van der Waals surface area contributed by atoms with Gasteiger partial charge in [0.25, 0.3) is 0 Å². The molecule has 1 heterocycles. The van der Waals surface area contributed by atoms with Crippen LogP contribution in [0.2, 0.25) is 0 Å². The fraction of sp³-hybridized carbons (Fsp3) is 0.500. The van der Waals surface area contributed by atoms with Gasteiger partial charge >= 0.3 is 0 Å². The third kappa shape index (κ3) is 2.88. The molecule has 22 heavy (non-hydrogen) atoms. The summed E-state index contributed by atoms with van der Waals surface area (Å²) in [7, 11) is 1.73. The number of nitrogens with one attached hydrogen (secondary N) is 2. The molecule has 2 aromatic rings. The van der Waals surface area contributed by atoms with Crippen molar-refractivity contribution in [2.45, 2.75) is 50.6 Å². The Bertz CT molecular complexity index is 660. The lowest BCUT2D eigenvalue weighted by atomic mass is 9.88. The third-order valence-corrected chi connectivity index (χ3v) is 4.87. The molecule has 1 aromatic carbocycles. The van der Waals surface area contributed by atoms with E-state index in [0.717, 1.165) is 31.1 Å². The van der Waals surface area contributed by atoms with Crippen LogP contribution in [0.5, 0.6) is 5.75 Å². The predicted octanol–water partition coefficient (Wildman–Crippen LogP) is 2.94. The van der Waals surface area contributed by atoms with Crippen LogP contribution >= 0.6 is 0 Å². The lowest BCUT2D eigenvalue weighted by Crippen LogP contribution is -2.34. The number of aromatic amines is 1. The van der Waals surface area contributed by atoms with E-state index in [2.05, 4.69) is 39.8 Å². The van der Waals surface area contributed by atoms with Crippen molar-refractivity contribution in [1.29, 1.82) is 0 Å². The van der Waals surface area contributed by atoms with Gasteiger partial charge in [-0.3, -0.25) is 5.10 Å². The van der Waals surface area contributed by atoms with Crippen LogP contribution in [0.25, 0.3) is 0 Å². The Balaban J connectivity index is 1.37. The Labute approximate surface area is 131 Å². The van der Waals surface area contributed by atoms with Gasteiger partial charge in [-0.05, 0) is 61.4 Å². The summed E-state index contributed by atoms with van der Waals surface area (Å²) in [4.78, 5) is 0. The highest BCUT2D eigenvalue weighted by atomic mass is 16.5. The van der Waals surface area contributed by atoms with E-state index in [9.17, 15) is 0 Å². The van der Waals surface area contributed by atoms with Crippen LogP contribution in [-0.4, -0.2) is 23.3 Å². The van der Waals surface area contributed by atoms with Crippen molar-refractivity contribution in [2.24, 2.45) is 0 Å². The van der Waals surface area contributed by atoms with E-state index in [0.29, 0.717) is 6.04 Å². The zero-order valence-electron chi connectivity index (χ0n) is 13.1. The van der Waals surface area contributed by atoms with Gasteiger partial charge in [0.1, 0.15) is 5.75 Å². The molecule has 0 spiro atoms. The molecule has 4 rings (SSSR count). The molecule has 1 aromatic heterocycles. The van der Waals surface area contributed by atoms with Gasteiger partial charge in [0.15, 0.2) is 0 Å². The van der Waals surface area contributed by atoms with Crippen molar-refractivity contribution in [2.75, 3.05) is 7.11 Å². The largest absolute Gasteiger partial charge is 0.497 e. The van der Waals surface area contributed by atoms with Crippen molar-refractivity contribution in [1.82, 2.24) is 15.5 Å². The van der Waals surface area contributed by atoms with Crippen LogP contribution in [0.1, 0.15) is 47.7 Å². The Hall–Kier alpha value is -1.81. The minimum atomic E-state index is 0.535. The fourth-order valence-corrected chi connectivity index (χ4v) is 3.35. The maximum Gasteiger partial charge on any atom is 0.119 e. The minimum absolute atomic E-state index is 0.535. The van der Waals surface area contributed by atoms with Gasteiger partial charge in [-0.1, -0.05) is 6.07 Å². The Kier molecular flexibility index (Phi) is 3.62. The Morgan fingerprint density at radius 1 is 1.23 bits per heavy atom. The summed E-state index contributed by atoms with van der Waals surface area (Å²) in [5, 5.41) is 11.3. The first-order chi connectivity index (χ1) is 10.8. The molecule has 0 unspecified atom stereocenters. The second-order valence-electron chi connectivity index (χ2n) is 6.55. The number of hydrogen-bond donors (Lipinski definition) is 2. The van der Waals surface area contributed by atoms with E-state index in [4.69, 9.17) is 4.74 Å². The van der Waals surface area contributed by atoms with Crippen LogP contribution in [0.4, 0.5) is 0 Å². The molecular weight excluding hydrogens is 274 g/mol. The first-order valence-corrected chi connectivity index (χ1v) is 8.25. The lowest BCUT2D eigenvalue weighted by Gasteiger charge is -2.25. The van der Waals surface area contributed by atoms with Gasteiger partial charge < -0.3 is 10.1 Å². The number of benzene rings is 1. The van der Waals surface area contributed by atoms with E-state index >= 15 is 0 Å². The highest BCUT2D eigenvalue weighted by molar-refractivity contribution is 5.37. The zero-order chi connectivity index (χ0) is 14.9. The Morgan fingerprint density at radius 2 is 2.14 bits per heavy atom. The number of ether oxygens (including phenoxy) is 1. The molecule has 0 bridgehead atoms. The van der Waals surface area contributed by atoms with Crippen LogP contribution in [-0.2, 0) is 19.4 Å². The second kappa shape index (κ2) is 5.76. The molecule has 2 N–H and O–H groups in total. The van der Waals surface area contributed by atoms with E-state index < -0.39 is 0 Å². The third-order valence-electron chi connectivity index (χ3n) is 4.87. The average molecular weight is 297 g/mol. The quantitative estimate of drug-likeness (QED) is 0.892. The van der Waals surface area contributed by atoms with Crippen molar-refractivity contribution in [3.8, 4) is 5.75 Å². The van der Waals surface area contributed by atoms with Crippen LogP contribution in [0, 0.1) is 0 Å². The number of nitrogens with zero attached hydrogens (tertiary/aromatic N) is 1. The van der Waals surface area contributed by atoms with Gasteiger partial charge in [-0.15, -0.1) is 0 Å². The summed E-state index contributed by atoms with van der Waals surface area (Å²) < 4.78 is 5.34. The molecule has 0 amide bonds. The summed E-state index contributed by atoms with van der Waals surface area (Å²) in [5.74, 6) is 1.68. The monoisotopic (exact) mass is 297 g/mol. The number of H-pyrrole nitrogens is 1. The van der Waals surface area contributed by atoms with E-state index in [1.54, 1.807) is 7.11 Å². The average Bonchev–Trinajstić information content (AvgIpc) is 3.31. The number of fused-ring (bicyclic) bond motifs is 1. The Morgan fingerprint density at radius 3 is 2.95 bits per heavy atom.